The van der Waals surface area contributed by atoms with Crippen LogP contribution < -0.4 is 10.6 Å². The fourth-order valence-corrected chi connectivity index (χ4v) is 2.78. The van der Waals surface area contributed by atoms with E-state index in [2.05, 4.69) is 47.0 Å². The van der Waals surface area contributed by atoms with Crippen LogP contribution in [0.1, 0.15) is 30.9 Å². The Labute approximate surface area is 139 Å². The fourth-order valence-electron chi connectivity index (χ4n) is 2.08. The zero-order valence-corrected chi connectivity index (χ0v) is 15.1. The van der Waals surface area contributed by atoms with Gasteiger partial charge in [0.15, 0.2) is 5.96 Å². The lowest BCUT2D eigenvalue weighted by Gasteiger charge is -2.14. The van der Waals surface area contributed by atoms with Gasteiger partial charge in [0.2, 0.25) is 0 Å². The number of benzene rings is 1. The molecule has 0 saturated carbocycles. The maximum absolute atomic E-state index is 5.33. The molecule has 124 valence electrons. The molecule has 1 aromatic rings. The van der Waals surface area contributed by atoms with Crippen LogP contribution in [0.15, 0.2) is 28.1 Å². The third-order valence-corrected chi connectivity index (χ3v) is 4.14. The summed E-state index contributed by atoms with van der Waals surface area (Å²) < 4.78 is 5.33. The fraction of sp³-hybridized carbons (Fsp3) is 0.588. The molecule has 0 amide bonds. The van der Waals surface area contributed by atoms with Crippen molar-refractivity contribution < 1.29 is 4.74 Å². The third-order valence-electron chi connectivity index (χ3n) is 3.32. The molecule has 1 aromatic carbocycles. The van der Waals surface area contributed by atoms with Crippen LogP contribution in [0.3, 0.4) is 0 Å². The maximum Gasteiger partial charge on any atom is 0.191 e. The Bertz CT molecular complexity index is 463. The summed E-state index contributed by atoms with van der Waals surface area (Å²) in [5.74, 6) is 0.851. The number of hydrogen-bond donors (Lipinski definition) is 2. The second-order valence-corrected chi connectivity index (χ2v) is 5.92. The second-order valence-electron chi connectivity index (χ2n) is 5.07. The van der Waals surface area contributed by atoms with Gasteiger partial charge in [-0.05, 0) is 50.1 Å². The highest BCUT2D eigenvalue weighted by atomic mass is 32.2. The molecule has 0 spiro atoms. The second kappa shape index (κ2) is 11.4. The van der Waals surface area contributed by atoms with Gasteiger partial charge >= 0.3 is 0 Å². The Morgan fingerprint density at radius 2 is 2.09 bits per heavy atom. The average molecular weight is 324 g/mol. The molecule has 0 bridgehead atoms. The number of aliphatic imine (C=N–C) groups is 1. The van der Waals surface area contributed by atoms with Gasteiger partial charge in [0.05, 0.1) is 0 Å². The predicted octanol–water partition coefficient (Wildman–Crippen LogP) is 3.20. The Kier molecular flexibility index (Phi) is 9.75. The summed E-state index contributed by atoms with van der Waals surface area (Å²) in [6, 6.07) is 6.57. The van der Waals surface area contributed by atoms with E-state index in [9.17, 15) is 0 Å². The molecule has 0 aliphatic carbocycles. The maximum atomic E-state index is 5.33. The summed E-state index contributed by atoms with van der Waals surface area (Å²) >= 11 is 1.78. The predicted molar refractivity (Wildman–Crippen MR) is 96.9 cm³/mol. The van der Waals surface area contributed by atoms with Gasteiger partial charge in [-0.1, -0.05) is 12.1 Å². The molecule has 0 aromatic heterocycles. The number of ether oxygens (including phenoxy) is 1. The van der Waals surface area contributed by atoms with Crippen molar-refractivity contribution >= 4 is 17.7 Å². The van der Waals surface area contributed by atoms with E-state index >= 15 is 0 Å². The molecule has 2 N–H and O–H groups in total. The van der Waals surface area contributed by atoms with Crippen molar-refractivity contribution in [3.8, 4) is 0 Å². The van der Waals surface area contributed by atoms with Crippen molar-refractivity contribution in [1.29, 1.82) is 0 Å². The van der Waals surface area contributed by atoms with E-state index in [0.29, 0.717) is 0 Å². The molecule has 0 atom stereocenters. The molecule has 0 aliphatic rings. The number of hydrogen-bond acceptors (Lipinski definition) is 3. The Hall–Kier alpha value is -1.20. The lowest BCUT2D eigenvalue weighted by molar-refractivity contribution is 0.143. The first-order valence-corrected chi connectivity index (χ1v) is 9.09. The Morgan fingerprint density at radius 1 is 1.27 bits per heavy atom. The molecule has 22 heavy (non-hydrogen) atoms. The first kappa shape index (κ1) is 18.8. The largest absolute Gasteiger partial charge is 0.382 e. The lowest BCUT2D eigenvalue weighted by atomic mass is 10.1. The van der Waals surface area contributed by atoms with E-state index in [4.69, 9.17) is 4.74 Å². The molecule has 0 saturated heterocycles. The van der Waals surface area contributed by atoms with Gasteiger partial charge in [0.1, 0.15) is 0 Å². The number of nitrogens with zero attached hydrogens (tertiary/aromatic N) is 1. The molecule has 0 fully saturated rings. The molecule has 0 unspecified atom stereocenters. The van der Waals surface area contributed by atoms with Crippen molar-refractivity contribution in [1.82, 2.24) is 10.6 Å². The van der Waals surface area contributed by atoms with Crippen LogP contribution in [0.4, 0.5) is 0 Å². The monoisotopic (exact) mass is 323 g/mol. The van der Waals surface area contributed by atoms with E-state index in [0.717, 1.165) is 45.1 Å². The summed E-state index contributed by atoms with van der Waals surface area (Å²) in [5.41, 5.74) is 2.60. The Balaban J connectivity index is 2.35. The number of unbranched alkanes of at least 4 members (excludes halogenated alkanes) is 1. The highest BCUT2D eigenvalue weighted by Crippen LogP contribution is 2.21. The van der Waals surface area contributed by atoms with Crippen LogP contribution >= 0.6 is 11.8 Å². The molecule has 5 heteroatoms. The summed E-state index contributed by atoms with van der Waals surface area (Å²) in [5, 5.41) is 6.72. The van der Waals surface area contributed by atoms with Crippen LogP contribution in [0.2, 0.25) is 0 Å². The van der Waals surface area contributed by atoms with Gasteiger partial charge < -0.3 is 15.4 Å². The highest BCUT2D eigenvalue weighted by molar-refractivity contribution is 7.98. The minimum Gasteiger partial charge on any atom is -0.382 e. The number of aryl methyl sites for hydroxylation is 1. The van der Waals surface area contributed by atoms with E-state index in [1.54, 1.807) is 18.8 Å². The Morgan fingerprint density at radius 3 is 2.77 bits per heavy atom. The molecule has 1 rings (SSSR count). The van der Waals surface area contributed by atoms with E-state index in [-0.39, 0.29) is 0 Å². The zero-order valence-electron chi connectivity index (χ0n) is 14.2. The number of nitrogens with one attached hydrogen (secondary N) is 2. The van der Waals surface area contributed by atoms with Crippen LogP contribution in [0.25, 0.3) is 0 Å². The van der Waals surface area contributed by atoms with Gasteiger partial charge in [0, 0.05) is 38.2 Å². The van der Waals surface area contributed by atoms with Crippen molar-refractivity contribution in [2.24, 2.45) is 4.99 Å². The summed E-state index contributed by atoms with van der Waals surface area (Å²) in [6.45, 7) is 7.48. The number of thioether (sulfide) groups is 1. The van der Waals surface area contributed by atoms with Gasteiger partial charge in [-0.3, -0.25) is 4.99 Å². The molecule has 0 aliphatic heterocycles. The summed E-state index contributed by atoms with van der Waals surface area (Å²) in [7, 11) is 1.81. The standard InChI is InChI=1S/C17H29N3OS/c1-5-21-11-7-6-10-19-17(18-3)20-13-15-9-8-14(2)12-16(15)22-4/h8-9,12H,5-7,10-11,13H2,1-4H3,(H2,18,19,20). The molecule has 4 nitrogen and oxygen atoms in total. The van der Waals surface area contributed by atoms with Crippen LogP contribution in [-0.2, 0) is 11.3 Å². The highest BCUT2D eigenvalue weighted by Gasteiger charge is 2.03. The van der Waals surface area contributed by atoms with Crippen molar-refractivity contribution in [2.75, 3.05) is 33.1 Å². The molecule has 0 radical (unpaired) electrons. The summed E-state index contributed by atoms with van der Waals surface area (Å²) in [6.07, 6.45) is 4.28. The average Bonchev–Trinajstić information content (AvgIpc) is 2.54. The SMILES string of the molecule is CCOCCCCNC(=NC)NCc1ccc(C)cc1SC. The number of guanidine groups is 1. The van der Waals surface area contributed by atoms with Crippen LogP contribution in [0, 0.1) is 6.92 Å². The normalized spacial score (nSPS) is 11.5. The molecular formula is C17H29N3OS. The quantitative estimate of drug-likeness (QED) is 0.317. The van der Waals surface area contributed by atoms with E-state index in [1.807, 2.05) is 6.92 Å². The van der Waals surface area contributed by atoms with Gasteiger partial charge in [0.25, 0.3) is 0 Å². The topological polar surface area (TPSA) is 45.6 Å². The molecular weight excluding hydrogens is 294 g/mol. The van der Waals surface area contributed by atoms with E-state index in [1.165, 1.54) is 16.0 Å². The minimum atomic E-state index is 0.787. The van der Waals surface area contributed by atoms with E-state index < -0.39 is 0 Å². The third kappa shape index (κ3) is 7.18. The summed E-state index contributed by atoms with van der Waals surface area (Å²) in [4.78, 5) is 5.59. The van der Waals surface area contributed by atoms with Crippen LogP contribution in [-0.4, -0.2) is 39.0 Å². The number of rotatable bonds is 9. The lowest BCUT2D eigenvalue weighted by Crippen LogP contribution is -2.37. The van der Waals surface area contributed by atoms with Crippen molar-refractivity contribution in [3.05, 3.63) is 29.3 Å². The van der Waals surface area contributed by atoms with Crippen LogP contribution in [0.5, 0.6) is 0 Å². The van der Waals surface area contributed by atoms with Gasteiger partial charge in [-0.15, -0.1) is 11.8 Å². The van der Waals surface area contributed by atoms with Crippen molar-refractivity contribution in [3.63, 3.8) is 0 Å². The first-order chi connectivity index (χ1) is 10.7. The van der Waals surface area contributed by atoms with Crippen molar-refractivity contribution in [2.45, 2.75) is 38.1 Å². The minimum absolute atomic E-state index is 0.787. The molecule has 0 heterocycles. The smallest absolute Gasteiger partial charge is 0.191 e. The zero-order chi connectivity index (χ0) is 16.2. The van der Waals surface area contributed by atoms with Gasteiger partial charge in [-0.2, -0.15) is 0 Å². The first-order valence-electron chi connectivity index (χ1n) is 7.87. The van der Waals surface area contributed by atoms with Gasteiger partial charge in [-0.25, -0.2) is 0 Å².